The molecule has 0 saturated heterocycles. The van der Waals surface area contributed by atoms with Gasteiger partial charge in [-0.2, -0.15) is 0 Å². The maximum atomic E-state index is 5.82. The average molecular weight is 251 g/mol. The SMILES string of the molecule is CCc1ccccc1OCCCOCC(C)(C)N. The Morgan fingerprint density at radius 3 is 2.56 bits per heavy atom. The molecule has 0 aliphatic carbocycles. The van der Waals surface area contributed by atoms with E-state index in [1.54, 1.807) is 0 Å². The smallest absolute Gasteiger partial charge is 0.122 e. The van der Waals surface area contributed by atoms with Gasteiger partial charge in [-0.25, -0.2) is 0 Å². The number of aryl methyl sites for hydroxylation is 1. The summed E-state index contributed by atoms with van der Waals surface area (Å²) in [5, 5.41) is 0. The lowest BCUT2D eigenvalue weighted by atomic mass is 10.1. The van der Waals surface area contributed by atoms with Crippen LogP contribution in [0.3, 0.4) is 0 Å². The van der Waals surface area contributed by atoms with Gasteiger partial charge in [-0.3, -0.25) is 0 Å². The number of nitrogens with two attached hydrogens (primary N) is 1. The fraction of sp³-hybridized carbons (Fsp3) is 0.600. The van der Waals surface area contributed by atoms with Crippen LogP contribution >= 0.6 is 0 Å². The molecule has 0 aliphatic heterocycles. The van der Waals surface area contributed by atoms with E-state index in [1.807, 2.05) is 32.0 Å². The number of para-hydroxylation sites is 1. The molecule has 0 aliphatic rings. The lowest BCUT2D eigenvalue weighted by Gasteiger charge is -2.18. The topological polar surface area (TPSA) is 44.5 Å². The zero-order valence-electron chi connectivity index (χ0n) is 11.7. The monoisotopic (exact) mass is 251 g/mol. The highest BCUT2D eigenvalue weighted by Gasteiger charge is 2.09. The van der Waals surface area contributed by atoms with Crippen molar-refractivity contribution in [1.82, 2.24) is 0 Å². The third kappa shape index (κ3) is 6.03. The molecule has 3 heteroatoms. The van der Waals surface area contributed by atoms with Crippen LogP contribution in [0.15, 0.2) is 24.3 Å². The van der Waals surface area contributed by atoms with Crippen LogP contribution in [-0.2, 0) is 11.2 Å². The van der Waals surface area contributed by atoms with Crippen molar-refractivity contribution in [3.05, 3.63) is 29.8 Å². The molecule has 1 aromatic carbocycles. The maximum Gasteiger partial charge on any atom is 0.122 e. The van der Waals surface area contributed by atoms with Crippen LogP contribution in [0.1, 0.15) is 32.8 Å². The highest BCUT2D eigenvalue weighted by molar-refractivity contribution is 5.33. The third-order valence-electron chi connectivity index (χ3n) is 2.52. The summed E-state index contributed by atoms with van der Waals surface area (Å²) in [6.07, 6.45) is 1.88. The molecule has 2 N–H and O–H groups in total. The second-order valence-electron chi connectivity index (χ2n) is 5.20. The molecule has 1 rings (SSSR count). The van der Waals surface area contributed by atoms with Crippen LogP contribution in [0.25, 0.3) is 0 Å². The first-order valence-corrected chi connectivity index (χ1v) is 6.60. The average Bonchev–Trinajstić information content (AvgIpc) is 2.32. The normalized spacial score (nSPS) is 11.6. The molecular formula is C15H25NO2. The van der Waals surface area contributed by atoms with Gasteiger partial charge in [0.1, 0.15) is 5.75 Å². The van der Waals surface area contributed by atoms with E-state index >= 15 is 0 Å². The van der Waals surface area contributed by atoms with Crippen LogP contribution < -0.4 is 10.5 Å². The van der Waals surface area contributed by atoms with E-state index in [9.17, 15) is 0 Å². The Morgan fingerprint density at radius 2 is 1.89 bits per heavy atom. The Kier molecular flexibility index (Phi) is 6.16. The van der Waals surface area contributed by atoms with Crippen molar-refractivity contribution in [3.8, 4) is 5.75 Å². The fourth-order valence-corrected chi connectivity index (χ4v) is 1.62. The summed E-state index contributed by atoms with van der Waals surface area (Å²) in [4.78, 5) is 0. The van der Waals surface area contributed by atoms with Crippen molar-refractivity contribution in [2.24, 2.45) is 5.73 Å². The minimum absolute atomic E-state index is 0.254. The second kappa shape index (κ2) is 7.39. The van der Waals surface area contributed by atoms with E-state index in [0.717, 1.165) is 18.6 Å². The van der Waals surface area contributed by atoms with E-state index in [0.29, 0.717) is 19.8 Å². The van der Waals surface area contributed by atoms with Gasteiger partial charge in [-0.1, -0.05) is 25.1 Å². The third-order valence-corrected chi connectivity index (χ3v) is 2.52. The Bertz CT molecular complexity index is 345. The lowest BCUT2D eigenvalue weighted by Crippen LogP contribution is -2.37. The zero-order valence-corrected chi connectivity index (χ0v) is 11.7. The van der Waals surface area contributed by atoms with Gasteiger partial charge < -0.3 is 15.2 Å². The number of ether oxygens (including phenoxy) is 2. The quantitative estimate of drug-likeness (QED) is 0.723. The van der Waals surface area contributed by atoms with Gasteiger partial charge in [0.05, 0.1) is 13.2 Å². The molecule has 0 fully saturated rings. The van der Waals surface area contributed by atoms with Crippen LogP contribution in [0, 0.1) is 0 Å². The predicted molar refractivity (Wildman–Crippen MR) is 75.0 cm³/mol. The summed E-state index contributed by atoms with van der Waals surface area (Å²) in [7, 11) is 0. The summed E-state index contributed by atoms with van der Waals surface area (Å²) in [6.45, 7) is 8.01. The van der Waals surface area contributed by atoms with Gasteiger partial charge in [0, 0.05) is 18.6 Å². The maximum absolute atomic E-state index is 5.82. The molecule has 18 heavy (non-hydrogen) atoms. The van der Waals surface area contributed by atoms with Gasteiger partial charge in [0.2, 0.25) is 0 Å². The van der Waals surface area contributed by atoms with E-state index < -0.39 is 0 Å². The summed E-state index contributed by atoms with van der Waals surface area (Å²) >= 11 is 0. The van der Waals surface area contributed by atoms with Gasteiger partial charge >= 0.3 is 0 Å². The molecular weight excluding hydrogens is 226 g/mol. The number of hydrogen-bond acceptors (Lipinski definition) is 3. The number of benzene rings is 1. The fourth-order valence-electron chi connectivity index (χ4n) is 1.62. The first-order valence-electron chi connectivity index (χ1n) is 6.60. The standard InChI is InChI=1S/C15H25NO2/c1-4-13-8-5-6-9-14(13)18-11-7-10-17-12-15(2,3)16/h5-6,8-9H,4,7,10-12,16H2,1-3H3. The van der Waals surface area contributed by atoms with Crippen molar-refractivity contribution >= 4 is 0 Å². The predicted octanol–water partition coefficient (Wildman–Crippen LogP) is 2.77. The highest BCUT2D eigenvalue weighted by Crippen LogP contribution is 2.18. The Morgan fingerprint density at radius 1 is 1.17 bits per heavy atom. The first-order chi connectivity index (χ1) is 8.53. The van der Waals surface area contributed by atoms with Crippen molar-refractivity contribution in [3.63, 3.8) is 0 Å². The van der Waals surface area contributed by atoms with E-state index in [4.69, 9.17) is 15.2 Å². The van der Waals surface area contributed by atoms with Crippen molar-refractivity contribution in [1.29, 1.82) is 0 Å². The molecule has 0 spiro atoms. The van der Waals surface area contributed by atoms with E-state index in [2.05, 4.69) is 13.0 Å². The second-order valence-corrected chi connectivity index (χ2v) is 5.20. The Labute approximate surface area is 110 Å². The molecule has 0 radical (unpaired) electrons. The molecule has 3 nitrogen and oxygen atoms in total. The van der Waals surface area contributed by atoms with Crippen LogP contribution in [0.5, 0.6) is 5.75 Å². The van der Waals surface area contributed by atoms with Crippen LogP contribution in [-0.4, -0.2) is 25.4 Å². The van der Waals surface area contributed by atoms with E-state index in [-0.39, 0.29) is 5.54 Å². The molecule has 0 atom stereocenters. The van der Waals surface area contributed by atoms with Crippen molar-refractivity contribution < 1.29 is 9.47 Å². The van der Waals surface area contributed by atoms with Crippen molar-refractivity contribution in [2.75, 3.05) is 19.8 Å². The molecule has 102 valence electrons. The largest absolute Gasteiger partial charge is 0.493 e. The van der Waals surface area contributed by atoms with Crippen LogP contribution in [0.4, 0.5) is 0 Å². The first kappa shape index (κ1) is 15.0. The van der Waals surface area contributed by atoms with Gasteiger partial charge in [0.25, 0.3) is 0 Å². The van der Waals surface area contributed by atoms with Crippen LogP contribution in [0.2, 0.25) is 0 Å². The minimum atomic E-state index is -0.254. The molecule has 0 saturated carbocycles. The molecule has 1 aromatic rings. The summed E-state index contributed by atoms with van der Waals surface area (Å²) < 4.78 is 11.2. The summed E-state index contributed by atoms with van der Waals surface area (Å²) in [6, 6.07) is 8.16. The molecule has 0 heterocycles. The highest BCUT2D eigenvalue weighted by atomic mass is 16.5. The van der Waals surface area contributed by atoms with Crippen molar-refractivity contribution in [2.45, 2.75) is 39.2 Å². The Balaban J connectivity index is 2.18. The Hall–Kier alpha value is -1.06. The number of rotatable bonds is 8. The minimum Gasteiger partial charge on any atom is -0.493 e. The molecule has 0 bridgehead atoms. The summed E-state index contributed by atoms with van der Waals surface area (Å²) in [5.74, 6) is 0.985. The zero-order chi connectivity index (χ0) is 13.4. The molecule has 0 unspecified atom stereocenters. The van der Waals surface area contributed by atoms with Gasteiger partial charge in [-0.15, -0.1) is 0 Å². The van der Waals surface area contributed by atoms with E-state index in [1.165, 1.54) is 5.56 Å². The van der Waals surface area contributed by atoms with Gasteiger partial charge in [0.15, 0.2) is 0 Å². The summed E-state index contributed by atoms with van der Waals surface area (Å²) in [5.41, 5.74) is 6.82. The molecule has 0 amide bonds. The molecule has 0 aromatic heterocycles. The lowest BCUT2D eigenvalue weighted by molar-refractivity contribution is 0.0870. The number of hydrogen-bond donors (Lipinski definition) is 1. The van der Waals surface area contributed by atoms with Gasteiger partial charge in [-0.05, 0) is 31.9 Å².